The molecule has 2 N–H and O–H groups in total. The minimum Gasteiger partial charge on any atom is -0.383 e. The van der Waals surface area contributed by atoms with Crippen LogP contribution in [0.2, 0.25) is 0 Å². The van der Waals surface area contributed by atoms with Gasteiger partial charge in [-0.1, -0.05) is 0 Å². The molecule has 1 saturated heterocycles. The highest BCUT2D eigenvalue weighted by molar-refractivity contribution is 5.74. The molecule has 22 heavy (non-hydrogen) atoms. The monoisotopic (exact) mass is 325 g/mol. The Balaban J connectivity index is 2.43. The van der Waals surface area contributed by atoms with E-state index in [0.717, 1.165) is 0 Å². The fourth-order valence-corrected chi connectivity index (χ4v) is 2.25. The Morgan fingerprint density at radius 2 is 1.82 bits per heavy atom. The third-order valence-corrected chi connectivity index (χ3v) is 4.49. The molecular formula is C14H26F3N3O2. The quantitative estimate of drug-likeness (QED) is 0.827. The molecule has 0 spiro atoms. The fraction of sp³-hybridized carbons (Fsp3) is 0.929. The molecule has 2 amide bonds. The Bertz CT molecular complexity index is 378. The summed E-state index contributed by atoms with van der Waals surface area (Å²) in [6.07, 6.45) is -6.58. The standard InChI is InChI=1S/C14H26F3N3O2/c1-13(2,19(3)4)9-18-12(22)20-7-5-10(6-8-20)11(21)14(15,16)17/h10-11,21H,5-9H2,1-4H3,(H,18,22)/t11-/m1/s1. The van der Waals surface area contributed by atoms with Crippen molar-refractivity contribution in [3.8, 4) is 0 Å². The van der Waals surface area contributed by atoms with Gasteiger partial charge in [0.05, 0.1) is 0 Å². The van der Waals surface area contributed by atoms with E-state index in [4.69, 9.17) is 0 Å². The van der Waals surface area contributed by atoms with Crippen LogP contribution in [0.4, 0.5) is 18.0 Å². The summed E-state index contributed by atoms with van der Waals surface area (Å²) < 4.78 is 37.4. The third-order valence-electron chi connectivity index (χ3n) is 4.49. The molecule has 1 fully saturated rings. The molecule has 0 aromatic heterocycles. The van der Waals surface area contributed by atoms with E-state index in [2.05, 4.69) is 5.32 Å². The van der Waals surface area contributed by atoms with Crippen LogP contribution in [-0.4, -0.2) is 72.5 Å². The summed E-state index contributed by atoms with van der Waals surface area (Å²) in [5, 5.41) is 12.1. The minimum absolute atomic E-state index is 0.158. The first kappa shape index (κ1) is 19.0. The van der Waals surface area contributed by atoms with Gasteiger partial charge in [-0.25, -0.2) is 4.79 Å². The molecule has 1 aliphatic rings. The summed E-state index contributed by atoms with van der Waals surface area (Å²) in [4.78, 5) is 15.5. The number of urea groups is 1. The van der Waals surface area contributed by atoms with Gasteiger partial charge in [0, 0.05) is 25.2 Å². The molecule has 130 valence electrons. The zero-order chi connectivity index (χ0) is 17.1. The number of aliphatic hydroxyl groups excluding tert-OH is 1. The number of amides is 2. The van der Waals surface area contributed by atoms with E-state index >= 15 is 0 Å². The number of alkyl halides is 3. The van der Waals surface area contributed by atoms with Crippen molar-refractivity contribution in [2.24, 2.45) is 5.92 Å². The second-order valence-corrected chi connectivity index (χ2v) is 6.68. The first-order valence-electron chi connectivity index (χ1n) is 7.40. The lowest BCUT2D eigenvalue weighted by molar-refractivity contribution is -0.222. The molecule has 0 bridgehead atoms. The Hall–Kier alpha value is -1.02. The molecule has 0 aromatic rings. The average Bonchev–Trinajstić information content (AvgIpc) is 2.43. The van der Waals surface area contributed by atoms with E-state index in [9.17, 15) is 23.1 Å². The van der Waals surface area contributed by atoms with Crippen LogP contribution in [0.5, 0.6) is 0 Å². The van der Waals surface area contributed by atoms with Gasteiger partial charge in [-0.05, 0) is 46.7 Å². The number of carbonyl (C=O) groups excluding carboxylic acids is 1. The van der Waals surface area contributed by atoms with Crippen molar-refractivity contribution in [3.63, 3.8) is 0 Å². The summed E-state index contributed by atoms with van der Waals surface area (Å²) in [7, 11) is 3.83. The average molecular weight is 325 g/mol. The Kier molecular flexibility index (Phi) is 6.09. The van der Waals surface area contributed by atoms with Crippen molar-refractivity contribution in [1.29, 1.82) is 0 Å². The second kappa shape index (κ2) is 7.04. The van der Waals surface area contributed by atoms with Crippen molar-refractivity contribution in [2.45, 2.75) is 44.5 Å². The first-order chi connectivity index (χ1) is 9.95. The maximum Gasteiger partial charge on any atom is 0.414 e. The van der Waals surface area contributed by atoms with Gasteiger partial charge in [-0.2, -0.15) is 13.2 Å². The number of nitrogens with one attached hydrogen (secondary N) is 1. The maximum atomic E-state index is 12.5. The van der Waals surface area contributed by atoms with Gasteiger partial charge < -0.3 is 20.2 Å². The van der Waals surface area contributed by atoms with Gasteiger partial charge in [-0.3, -0.25) is 0 Å². The zero-order valence-corrected chi connectivity index (χ0v) is 13.6. The van der Waals surface area contributed by atoms with E-state index in [1.54, 1.807) is 0 Å². The number of piperidine rings is 1. The molecule has 0 saturated carbocycles. The molecule has 0 radical (unpaired) electrons. The summed E-state index contributed by atoms with van der Waals surface area (Å²) >= 11 is 0. The van der Waals surface area contributed by atoms with Crippen LogP contribution in [0.15, 0.2) is 0 Å². The van der Waals surface area contributed by atoms with Gasteiger partial charge >= 0.3 is 12.2 Å². The Morgan fingerprint density at radius 1 is 1.32 bits per heavy atom. The van der Waals surface area contributed by atoms with Crippen molar-refractivity contribution < 1.29 is 23.1 Å². The topological polar surface area (TPSA) is 55.8 Å². The first-order valence-corrected chi connectivity index (χ1v) is 7.40. The largest absolute Gasteiger partial charge is 0.414 e. The van der Waals surface area contributed by atoms with Gasteiger partial charge in [0.1, 0.15) is 0 Å². The highest BCUT2D eigenvalue weighted by atomic mass is 19.4. The number of halogens is 3. The fourth-order valence-electron chi connectivity index (χ4n) is 2.25. The molecule has 1 atom stereocenters. The molecule has 1 rings (SSSR count). The number of likely N-dealkylation sites (tertiary alicyclic amines) is 1. The van der Waals surface area contributed by atoms with E-state index in [1.165, 1.54) is 4.90 Å². The van der Waals surface area contributed by atoms with Crippen molar-refractivity contribution in [1.82, 2.24) is 15.1 Å². The lowest BCUT2D eigenvalue weighted by Gasteiger charge is -2.36. The van der Waals surface area contributed by atoms with Crippen LogP contribution in [0.1, 0.15) is 26.7 Å². The maximum absolute atomic E-state index is 12.5. The summed E-state index contributed by atoms with van der Waals surface area (Å²) in [5.74, 6) is -0.831. The number of rotatable bonds is 4. The van der Waals surface area contributed by atoms with E-state index in [0.29, 0.717) is 6.54 Å². The Labute approximate surface area is 129 Å². The van der Waals surface area contributed by atoms with E-state index in [-0.39, 0.29) is 37.5 Å². The molecule has 0 unspecified atom stereocenters. The van der Waals surface area contributed by atoms with E-state index in [1.807, 2.05) is 32.8 Å². The number of hydrogen-bond acceptors (Lipinski definition) is 3. The second-order valence-electron chi connectivity index (χ2n) is 6.68. The molecule has 5 nitrogen and oxygen atoms in total. The smallest absolute Gasteiger partial charge is 0.383 e. The number of likely N-dealkylation sites (N-methyl/N-ethyl adjacent to an activating group) is 1. The molecule has 1 aliphatic heterocycles. The van der Waals surface area contributed by atoms with Crippen LogP contribution in [-0.2, 0) is 0 Å². The third kappa shape index (κ3) is 5.01. The van der Waals surface area contributed by atoms with Crippen LogP contribution < -0.4 is 5.32 Å². The number of nitrogens with zero attached hydrogens (tertiary/aromatic N) is 2. The molecule has 1 heterocycles. The van der Waals surface area contributed by atoms with Gasteiger partial charge in [0.15, 0.2) is 6.10 Å². The number of aliphatic hydroxyl groups is 1. The van der Waals surface area contributed by atoms with Crippen molar-refractivity contribution in [3.05, 3.63) is 0 Å². The van der Waals surface area contributed by atoms with Gasteiger partial charge in [0.2, 0.25) is 0 Å². The minimum atomic E-state index is -4.59. The van der Waals surface area contributed by atoms with Crippen LogP contribution >= 0.6 is 0 Å². The van der Waals surface area contributed by atoms with Crippen LogP contribution in [0.3, 0.4) is 0 Å². The lowest BCUT2D eigenvalue weighted by Crippen LogP contribution is -2.53. The van der Waals surface area contributed by atoms with Crippen LogP contribution in [0, 0.1) is 5.92 Å². The number of carbonyl (C=O) groups is 1. The SMILES string of the molecule is CN(C)C(C)(C)CNC(=O)N1CCC([C@@H](O)C(F)(F)F)CC1. The Morgan fingerprint density at radius 3 is 2.23 bits per heavy atom. The summed E-state index contributed by atoms with van der Waals surface area (Å²) in [6, 6.07) is -0.269. The van der Waals surface area contributed by atoms with Gasteiger partial charge in [0.25, 0.3) is 0 Å². The number of hydrogen-bond donors (Lipinski definition) is 2. The van der Waals surface area contributed by atoms with Crippen molar-refractivity contribution >= 4 is 6.03 Å². The molecule has 0 aliphatic carbocycles. The highest BCUT2D eigenvalue weighted by Crippen LogP contribution is 2.31. The highest BCUT2D eigenvalue weighted by Gasteiger charge is 2.44. The predicted molar refractivity (Wildman–Crippen MR) is 77.5 cm³/mol. The predicted octanol–water partition coefficient (Wildman–Crippen LogP) is 1.67. The van der Waals surface area contributed by atoms with Crippen LogP contribution in [0.25, 0.3) is 0 Å². The van der Waals surface area contributed by atoms with Crippen molar-refractivity contribution in [2.75, 3.05) is 33.7 Å². The molecular weight excluding hydrogens is 299 g/mol. The molecule has 8 heteroatoms. The van der Waals surface area contributed by atoms with Gasteiger partial charge in [-0.15, -0.1) is 0 Å². The zero-order valence-electron chi connectivity index (χ0n) is 13.6. The summed E-state index contributed by atoms with van der Waals surface area (Å²) in [5.41, 5.74) is -0.208. The molecule has 0 aromatic carbocycles. The van der Waals surface area contributed by atoms with E-state index < -0.39 is 18.2 Å². The summed E-state index contributed by atoms with van der Waals surface area (Å²) in [6.45, 7) is 4.88. The lowest BCUT2D eigenvalue weighted by atomic mass is 9.91. The normalized spacial score (nSPS) is 19.4.